The zero-order chi connectivity index (χ0) is 14.8. The number of hydrogen-bond acceptors (Lipinski definition) is 3. The number of hydrogen-bond donors (Lipinski definition) is 1. The number of nitrogens with zero attached hydrogens (tertiary/aromatic N) is 1. The van der Waals surface area contributed by atoms with E-state index in [-0.39, 0.29) is 0 Å². The van der Waals surface area contributed by atoms with Crippen molar-refractivity contribution in [2.45, 2.75) is 6.54 Å². The highest BCUT2D eigenvalue weighted by Gasteiger charge is 2.13. The molecule has 0 aliphatic rings. The van der Waals surface area contributed by atoms with Crippen molar-refractivity contribution in [3.63, 3.8) is 0 Å². The molecular weight excluding hydrogens is 282 g/mol. The third-order valence-corrected chi connectivity index (χ3v) is 4.38. The minimum Gasteiger partial charge on any atom is -0.478 e. The molecule has 0 aliphatic carbocycles. The molecule has 106 valence electrons. The average molecular weight is 297 g/mol. The number of aromatic carboxylic acids is 1. The van der Waals surface area contributed by atoms with Gasteiger partial charge in [-0.05, 0) is 29.0 Å². The summed E-state index contributed by atoms with van der Waals surface area (Å²) in [5.41, 5.74) is 1.39. The Bertz CT molecular complexity index is 781. The molecule has 2 aromatic carbocycles. The maximum absolute atomic E-state index is 11.3. The van der Waals surface area contributed by atoms with Crippen molar-refractivity contribution in [3.8, 4) is 0 Å². The van der Waals surface area contributed by atoms with Gasteiger partial charge in [0.05, 0.1) is 12.1 Å². The van der Waals surface area contributed by atoms with Gasteiger partial charge in [0.2, 0.25) is 0 Å². The van der Waals surface area contributed by atoms with Crippen LogP contribution in [0.1, 0.15) is 15.2 Å². The number of anilines is 1. The lowest BCUT2D eigenvalue weighted by atomic mass is 10.0. The maximum atomic E-state index is 11.3. The van der Waals surface area contributed by atoms with Crippen LogP contribution < -0.4 is 4.90 Å². The molecule has 21 heavy (non-hydrogen) atoms. The lowest BCUT2D eigenvalue weighted by Crippen LogP contribution is -2.16. The SMILES string of the molecule is CN(Cc1cccs1)c1ccc(C(=O)O)c2ccccc12. The van der Waals surface area contributed by atoms with Crippen LogP contribution in [0.15, 0.2) is 53.9 Å². The first-order chi connectivity index (χ1) is 10.2. The van der Waals surface area contributed by atoms with Gasteiger partial charge in [0.25, 0.3) is 0 Å². The van der Waals surface area contributed by atoms with Gasteiger partial charge >= 0.3 is 5.97 Å². The lowest BCUT2D eigenvalue weighted by Gasteiger charge is -2.21. The van der Waals surface area contributed by atoms with Crippen LogP contribution in [0.5, 0.6) is 0 Å². The summed E-state index contributed by atoms with van der Waals surface area (Å²) in [6.45, 7) is 0.814. The third kappa shape index (κ3) is 2.62. The Labute approximate surface area is 127 Å². The molecule has 1 N–H and O–H groups in total. The summed E-state index contributed by atoms with van der Waals surface area (Å²) in [4.78, 5) is 14.8. The number of benzene rings is 2. The highest BCUT2D eigenvalue weighted by molar-refractivity contribution is 7.09. The molecule has 0 bridgehead atoms. The summed E-state index contributed by atoms with van der Waals surface area (Å²) in [5, 5.41) is 13.1. The molecule has 1 heterocycles. The Balaban J connectivity index is 2.07. The molecule has 3 rings (SSSR count). The van der Waals surface area contributed by atoms with E-state index in [9.17, 15) is 9.90 Å². The standard InChI is InChI=1S/C17H15NO2S/c1-18(11-12-5-4-10-21-12)16-9-8-15(17(19)20)13-6-2-3-7-14(13)16/h2-10H,11H2,1H3,(H,19,20). The van der Waals surface area contributed by atoms with Crippen LogP contribution in [0.2, 0.25) is 0 Å². The number of carboxylic acids is 1. The fourth-order valence-corrected chi connectivity index (χ4v) is 3.28. The molecule has 0 spiro atoms. The minimum atomic E-state index is -0.890. The minimum absolute atomic E-state index is 0.346. The largest absolute Gasteiger partial charge is 0.478 e. The summed E-state index contributed by atoms with van der Waals surface area (Å²) in [7, 11) is 2.03. The van der Waals surface area contributed by atoms with Crippen LogP contribution in [-0.2, 0) is 6.54 Å². The summed E-state index contributed by atoms with van der Waals surface area (Å²) in [5.74, 6) is -0.890. The molecule has 0 radical (unpaired) electrons. The molecule has 3 nitrogen and oxygen atoms in total. The molecular formula is C17H15NO2S. The van der Waals surface area contributed by atoms with Crippen LogP contribution in [0, 0.1) is 0 Å². The van der Waals surface area contributed by atoms with Crippen molar-refractivity contribution in [3.05, 3.63) is 64.4 Å². The fraction of sp³-hybridized carbons (Fsp3) is 0.118. The fourth-order valence-electron chi connectivity index (χ4n) is 2.52. The second-order valence-corrected chi connectivity index (χ2v) is 5.95. The normalized spacial score (nSPS) is 10.7. The van der Waals surface area contributed by atoms with Gasteiger partial charge in [0.15, 0.2) is 0 Å². The molecule has 0 saturated carbocycles. The highest BCUT2D eigenvalue weighted by Crippen LogP contribution is 2.30. The summed E-state index contributed by atoms with van der Waals surface area (Å²) >= 11 is 1.72. The number of carbonyl (C=O) groups is 1. The first-order valence-corrected chi connectivity index (χ1v) is 7.53. The zero-order valence-corrected chi connectivity index (χ0v) is 12.4. The first kappa shape index (κ1) is 13.6. The van der Waals surface area contributed by atoms with Crippen molar-refractivity contribution < 1.29 is 9.90 Å². The van der Waals surface area contributed by atoms with Gasteiger partial charge in [0.1, 0.15) is 0 Å². The van der Waals surface area contributed by atoms with E-state index in [1.54, 1.807) is 17.4 Å². The van der Waals surface area contributed by atoms with Crippen LogP contribution in [-0.4, -0.2) is 18.1 Å². The van der Waals surface area contributed by atoms with Crippen molar-refractivity contribution in [1.29, 1.82) is 0 Å². The quantitative estimate of drug-likeness (QED) is 0.783. The van der Waals surface area contributed by atoms with Crippen LogP contribution in [0.3, 0.4) is 0 Å². The smallest absolute Gasteiger partial charge is 0.336 e. The molecule has 0 amide bonds. The monoisotopic (exact) mass is 297 g/mol. The lowest BCUT2D eigenvalue weighted by molar-refractivity contribution is 0.0699. The Kier molecular flexibility index (Phi) is 3.62. The molecule has 1 aromatic heterocycles. The van der Waals surface area contributed by atoms with Crippen molar-refractivity contribution in [2.24, 2.45) is 0 Å². The third-order valence-electron chi connectivity index (χ3n) is 3.52. The van der Waals surface area contributed by atoms with E-state index in [1.807, 2.05) is 43.4 Å². The van der Waals surface area contributed by atoms with Crippen molar-refractivity contribution in [2.75, 3.05) is 11.9 Å². The topological polar surface area (TPSA) is 40.5 Å². The van der Waals surface area contributed by atoms with Crippen LogP contribution in [0.4, 0.5) is 5.69 Å². The average Bonchev–Trinajstić information content (AvgIpc) is 2.98. The van der Waals surface area contributed by atoms with E-state index in [1.165, 1.54) is 4.88 Å². The Morgan fingerprint density at radius 3 is 2.52 bits per heavy atom. The molecule has 0 fully saturated rings. The van der Waals surface area contributed by atoms with E-state index >= 15 is 0 Å². The number of carboxylic acid groups (broad SMARTS) is 1. The summed E-state index contributed by atoms with van der Waals surface area (Å²) in [6, 6.07) is 15.4. The van der Waals surface area contributed by atoms with Crippen molar-refractivity contribution in [1.82, 2.24) is 0 Å². The van der Waals surface area contributed by atoms with E-state index in [0.29, 0.717) is 5.56 Å². The zero-order valence-electron chi connectivity index (χ0n) is 11.6. The number of thiophene rings is 1. The summed E-state index contributed by atoms with van der Waals surface area (Å²) < 4.78 is 0. The maximum Gasteiger partial charge on any atom is 0.336 e. The van der Waals surface area contributed by atoms with Gasteiger partial charge < -0.3 is 10.0 Å². The Morgan fingerprint density at radius 2 is 1.86 bits per heavy atom. The molecule has 4 heteroatoms. The molecule has 0 saturated heterocycles. The number of fused-ring (bicyclic) bond motifs is 1. The molecule has 0 aliphatic heterocycles. The van der Waals surface area contributed by atoms with Gasteiger partial charge in [-0.15, -0.1) is 11.3 Å². The molecule has 0 atom stereocenters. The van der Waals surface area contributed by atoms with E-state index < -0.39 is 5.97 Å². The van der Waals surface area contributed by atoms with E-state index in [2.05, 4.69) is 16.3 Å². The van der Waals surface area contributed by atoms with Gasteiger partial charge in [-0.25, -0.2) is 4.79 Å². The van der Waals surface area contributed by atoms with E-state index in [0.717, 1.165) is 23.0 Å². The first-order valence-electron chi connectivity index (χ1n) is 6.65. The van der Waals surface area contributed by atoms with Gasteiger partial charge in [-0.1, -0.05) is 30.3 Å². The Morgan fingerprint density at radius 1 is 1.10 bits per heavy atom. The van der Waals surface area contributed by atoms with E-state index in [4.69, 9.17) is 0 Å². The second kappa shape index (κ2) is 5.58. The molecule has 0 unspecified atom stereocenters. The van der Waals surface area contributed by atoms with Crippen LogP contribution >= 0.6 is 11.3 Å². The molecule has 3 aromatic rings. The van der Waals surface area contributed by atoms with Gasteiger partial charge in [0, 0.05) is 23.0 Å². The summed E-state index contributed by atoms with van der Waals surface area (Å²) in [6.07, 6.45) is 0. The van der Waals surface area contributed by atoms with Crippen LogP contribution in [0.25, 0.3) is 10.8 Å². The van der Waals surface area contributed by atoms with Gasteiger partial charge in [-0.2, -0.15) is 0 Å². The predicted octanol–water partition coefficient (Wildman–Crippen LogP) is 4.24. The van der Waals surface area contributed by atoms with Crippen molar-refractivity contribution >= 4 is 33.8 Å². The number of rotatable bonds is 4. The Hall–Kier alpha value is -2.33. The highest BCUT2D eigenvalue weighted by atomic mass is 32.1. The predicted molar refractivity (Wildman–Crippen MR) is 87.3 cm³/mol. The second-order valence-electron chi connectivity index (χ2n) is 4.92. The van der Waals surface area contributed by atoms with Gasteiger partial charge in [-0.3, -0.25) is 0 Å².